The fraction of sp³-hybridized carbons (Fsp3) is 0.333. The van der Waals surface area contributed by atoms with Crippen LogP contribution in [0, 0.1) is 5.41 Å². The zero-order valence-electron chi connectivity index (χ0n) is 25.6. The number of amidine groups is 1. The molecule has 1 aliphatic heterocycles. The molecule has 0 aromatic heterocycles. The van der Waals surface area contributed by atoms with Crippen LogP contribution in [0.1, 0.15) is 36.5 Å². The van der Waals surface area contributed by atoms with Crippen LogP contribution in [-0.4, -0.2) is 69.8 Å². The highest BCUT2D eigenvalue weighted by atomic mass is 35.5. The van der Waals surface area contributed by atoms with E-state index < -0.39 is 21.7 Å². The summed E-state index contributed by atoms with van der Waals surface area (Å²) >= 11 is 6.62. The van der Waals surface area contributed by atoms with Gasteiger partial charge in [0.1, 0.15) is 17.7 Å². The van der Waals surface area contributed by atoms with Crippen LogP contribution in [0.5, 0.6) is 5.75 Å². The van der Waals surface area contributed by atoms with Gasteiger partial charge in [0, 0.05) is 25.2 Å². The van der Waals surface area contributed by atoms with Crippen LogP contribution in [0.2, 0.25) is 5.02 Å². The van der Waals surface area contributed by atoms with Crippen LogP contribution in [0.25, 0.3) is 6.08 Å². The summed E-state index contributed by atoms with van der Waals surface area (Å²) in [5, 5.41) is 7.92. The molecular weight excluding hydrogens is 671 g/mol. The molecule has 46 heavy (non-hydrogen) atoms. The van der Waals surface area contributed by atoms with Gasteiger partial charge >= 0.3 is 5.97 Å². The summed E-state index contributed by atoms with van der Waals surface area (Å²) < 4.78 is 39.0. The number of benzene rings is 3. The Kier molecular flexibility index (Phi) is 15.9. The highest BCUT2D eigenvalue weighted by Crippen LogP contribution is 2.33. The van der Waals surface area contributed by atoms with Gasteiger partial charge in [-0.1, -0.05) is 72.3 Å². The molecule has 0 unspecified atom stereocenters. The van der Waals surface area contributed by atoms with E-state index in [1.165, 1.54) is 5.56 Å². The van der Waals surface area contributed by atoms with Crippen molar-refractivity contribution in [1.82, 2.24) is 4.90 Å². The molecule has 1 heterocycles. The summed E-state index contributed by atoms with van der Waals surface area (Å²) in [5.74, 6) is -1.23. The zero-order chi connectivity index (χ0) is 31.5. The Morgan fingerprint density at radius 2 is 1.78 bits per heavy atom. The first kappa shape index (κ1) is 38.9. The topological polar surface area (TPSA) is 126 Å². The standard InChI is InChI=1S/C33H39ClN4O5S.2ClH/c1-2-42-32(39)24-44(40,41)38(18-7-11-26-10-6-12-27(22-26)33(35)36)28-13-14-31(30(34)23-28)43-29-16-20-37(21-17-29)19-15-25-8-4-3-5-9-25;;/h3-14,22-23,29H,2,15-21,24H2,1H3,(H3,35,36);2*1H/b11-7+;;. The van der Waals surface area contributed by atoms with E-state index in [0.717, 1.165) is 48.8 Å². The Labute approximate surface area is 289 Å². The van der Waals surface area contributed by atoms with Gasteiger partial charge in [0.25, 0.3) is 0 Å². The minimum Gasteiger partial charge on any atom is -0.489 e. The predicted molar refractivity (Wildman–Crippen MR) is 190 cm³/mol. The third-order valence-corrected chi connectivity index (χ3v) is 9.24. The number of esters is 1. The molecular formula is C33H41Cl3N4O5S. The number of sulfonamides is 1. The Morgan fingerprint density at radius 3 is 2.43 bits per heavy atom. The van der Waals surface area contributed by atoms with E-state index >= 15 is 0 Å². The van der Waals surface area contributed by atoms with Gasteiger partial charge in [0.05, 0.1) is 23.9 Å². The maximum atomic E-state index is 13.4. The van der Waals surface area contributed by atoms with Gasteiger partial charge in [-0.05, 0) is 61.6 Å². The molecule has 4 rings (SSSR count). The number of carbonyl (C=O) groups excluding carboxylic acids is 1. The van der Waals surface area contributed by atoms with Crippen molar-refractivity contribution in [1.29, 1.82) is 5.41 Å². The van der Waals surface area contributed by atoms with Gasteiger partial charge < -0.3 is 20.1 Å². The van der Waals surface area contributed by atoms with Crippen LogP contribution in [0.15, 0.2) is 78.9 Å². The first-order valence-corrected chi connectivity index (χ1v) is 16.6. The first-order valence-electron chi connectivity index (χ1n) is 14.6. The number of piperidine rings is 1. The van der Waals surface area contributed by atoms with E-state index in [1.807, 2.05) is 12.1 Å². The highest BCUT2D eigenvalue weighted by Gasteiger charge is 2.27. The molecule has 1 aliphatic rings. The van der Waals surface area contributed by atoms with Crippen LogP contribution < -0.4 is 14.8 Å². The average molecular weight is 712 g/mol. The molecule has 0 radical (unpaired) electrons. The van der Waals surface area contributed by atoms with Crippen molar-refractivity contribution in [3.63, 3.8) is 0 Å². The molecule has 1 fully saturated rings. The smallest absolute Gasteiger partial charge is 0.323 e. The van der Waals surface area contributed by atoms with Gasteiger partial charge in [-0.15, -0.1) is 24.8 Å². The van der Waals surface area contributed by atoms with Crippen LogP contribution in [0.4, 0.5) is 5.69 Å². The predicted octanol–water partition coefficient (Wildman–Crippen LogP) is 5.97. The van der Waals surface area contributed by atoms with Crippen LogP contribution in [0.3, 0.4) is 0 Å². The molecule has 13 heteroatoms. The average Bonchev–Trinajstić information content (AvgIpc) is 3.00. The van der Waals surface area contributed by atoms with E-state index in [2.05, 4.69) is 29.2 Å². The molecule has 0 saturated carbocycles. The number of halogens is 3. The monoisotopic (exact) mass is 710 g/mol. The Hall–Kier alpha value is -3.28. The fourth-order valence-corrected chi connectivity index (χ4v) is 6.51. The van der Waals surface area contributed by atoms with Gasteiger partial charge in [-0.2, -0.15) is 0 Å². The first-order chi connectivity index (χ1) is 21.1. The Morgan fingerprint density at radius 1 is 1.07 bits per heavy atom. The van der Waals surface area contributed by atoms with E-state index in [4.69, 9.17) is 32.2 Å². The van der Waals surface area contributed by atoms with Gasteiger partial charge in [0.15, 0.2) is 5.75 Å². The number of anilines is 1. The second-order valence-corrected chi connectivity index (χ2v) is 12.8. The lowest BCUT2D eigenvalue weighted by molar-refractivity contribution is -0.139. The number of rotatable bonds is 14. The minimum absolute atomic E-state index is 0. The summed E-state index contributed by atoms with van der Waals surface area (Å²) in [7, 11) is -4.11. The van der Waals surface area contributed by atoms with Crippen molar-refractivity contribution in [3.8, 4) is 5.75 Å². The lowest BCUT2D eigenvalue weighted by atomic mass is 10.1. The maximum Gasteiger partial charge on any atom is 0.323 e. The lowest BCUT2D eigenvalue weighted by Crippen LogP contribution is -2.39. The summed E-state index contributed by atoms with van der Waals surface area (Å²) in [6.07, 6.45) is 6.13. The van der Waals surface area contributed by atoms with Gasteiger partial charge in [0.2, 0.25) is 10.0 Å². The van der Waals surface area contributed by atoms with E-state index in [0.29, 0.717) is 17.0 Å². The number of nitrogen functional groups attached to an aromatic ring is 1. The molecule has 0 bridgehead atoms. The van der Waals surface area contributed by atoms with E-state index in [9.17, 15) is 13.2 Å². The Bertz CT molecular complexity index is 1570. The van der Waals surface area contributed by atoms with E-state index in [1.54, 1.807) is 55.5 Å². The molecule has 0 aliphatic carbocycles. The molecule has 250 valence electrons. The van der Waals surface area contributed by atoms with Crippen LogP contribution in [-0.2, 0) is 26.0 Å². The number of hydrogen-bond acceptors (Lipinski definition) is 7. The number of ether oxygens (including phenoxy) is 2. The third kappa shape index (κ3) is 11.5. The fourth-order valence-electron chi connectivity index (χ4n) is 5.01. The number of hydrogen-bond donors (Lipinski definition) is 2. The van der Waals surface area contributed by atoms with Crippen LogP contribution >= 0.6 is 36.4 Å². The largest absolute Gasteiger partial charge is 0.489 e. The number of likely N-dealkylation sites (tertiary alicyclic amines) is 1. The van der Waals surface area contributed by atoms with Gasteiger partial charge in [-0.3, -0.25) is 14.5 Å². The summed E-state index contributed by atoms with van der Waals surface area (Å²) in [6, 6.07) is 22.3. The van der Waals surface area contributed by atoms with Gasteiger partial charge in [-0.25, -0.2) is 8.42 Å². The Balaban J connectivity index is 0.00000368. The number of nitrogens with zero attached hydrogens (tertiary/aromatic N) is 2. The lowest BCUT2D eigenvalue weighted by Gasteiger charge is -2.32. The molecule has 1 saturated heterocycles. The second kappa shape index (κ2) is 18.8. The third-order valence-electron chi connectivity index (χ3n) is 7.31. The summed E-state index contributed by atoms with van der Waals surface area (Å²) in [5.41, 5.74) is 8.51. The quantitative estimate of drug-likeness (QED) is 0.120. The SMILES string of the molecule is CCOC(=O)CS(=O)(=O)N(C/C=C/c1cccc(C(=N)N)c1)c1ccc(OC2CCN(CCc3ccccc3)CC2)c(Cl)c1.Cl.Cl. The van der Waals surface area contributed by atoms with Crippen molar-refractivity contribution >= 4 is 70.0 Å². The summed E-state index contributed by atoms with van der Waals surface area (Å²) in [6.45, 7) is 4.48. The summed E-state index contributed by atoms with van der Waals surface area (Å²) in [4.78, 5) is 14.6. The molecule has 0 spiro atoms. The molecule has 9 nitrogen and oxygen atoms in total. The minimum atomic E-state index is -4.11. The molecule has 0 amide bonds. The zero-order valence-corrected chi connectivity index (χ0v) is 28.8. The van der Waals surface area contributed by atoms with Crippen molar-refractivity contribution < 1.29 is 22.7 Å². The molecule has 3 aromatic carbocycles. The second-order valence-electron chi connectivity index (χ2n) is 10.5. The van der Waals surface area contributed by atoms with E-state index in [-0.39, 0.29) is 54.9 Å². The van der Waals surface area contributed by atoms with Crippen molar-refractivity contribution in [3.05, 3.63) is 101 Å². The molecule has 3 aromatic rings. The number of nitrogens with two attached hydrogens (primary N) is 1. The number of nitrogens with one attached hydrogen (secondary N) is 1. The molecule has 3 N–H and O–H groups in total. The van der Waals surface area contributed by atoms with Crippen molar-refractivity contribution in [2.24, 2.45) is 5.73 Å². The number of carbonyl (C=O) groups is 1. The van der Waals surface area contributed by atoms with Crippen molar-refractivity contribution in [2.75, 3.05) is 42.8 Å². The highest BCUT2D eigenvalue weighted by molar-refractivity contribution is 7.93. The maximum absolute atomic E-state index is 13.4. The van der Waals surface area contributed by atoms with Crippen molar-refractivity contribution in [2.45, 2.75) is 32.3 Å². The normalized spacial score (nSPS) is 13.8. The molecule has 0 atom stereocenters.